The van der Waals surface area contributed by atoms with Crippen LogP contribution in [-0.2, 0) is 11.2 Å². The highest BCUT2D eigenvalue weighted by molar-refractivity contribution is 5.97. The normalized spacial score (nSPS) is 16.4. The predicted octanol–water partition coefficient (Wildman–Crippen LogP) is 5.90. The molecule has 0 aromatic heterocycles. The van der Waals surface area contributed by atoms with Crippen molar-refractivity contribution in [3.8, 4) is 5.75 Å². The van der Waals surface area contributed by atoms with Crippen molar-refractivity contribution in [1.29, 1.82) is 0 Å². The molecule has 1 saturated carbocycles. The van der Waals surface area contributed by atoms with Gasteiger partial charge in [-0.2, -0.15) is 0 Å². The molecule has 214 valence electrons. The van der Waals surface area contributed by atoms with E-state index >= 15 is 0 Å². The van der Waals surface area contributed by atoms with E-state index in [4.69, 9.17) is 0 Å². The minimum absolute atomic E-state index is 0.0280. The van der Waals surface area contributed by atoms with Crippen molar-refractivity contribution in [1.82, 2.24) is 10.6 Å². The summed E-state index contributed by atoms with van der Waals surface area (Å²) in [5, 5.41) is 27.5. The quantitative estimate of drug-likeness (QED) is 0.240. The van der Waals surface area contributed by atoms with E-state index in [1.54, 1.807) is 0 Å². The lowest BCUT2D eigenvalue weighted by Gasteiger charge is -2.29. The smallest absolute Gasteiger partial charge is 0.255 e. The number of aromatic hydroxyl groups is 1. The molecule has 39 heavy (non-hydrogen) atoms. The predicted molar refractivity (Wildman–Crippen MR) is 152 cm³/mol. The summed E-state index contributed by atoms with van der Waals surface area (Å²) >= 11 is 0. The number of phenolic OH excluding ortho intramolecular Hbond substituents is 1. The third-order valence-corrected chi connectivity index (χ3v) is 7.66. The fraction of sp³-hybridized carbons (Fsp3) is 0.562. The van der Waals surface area contributed by atoms with E-state index in [0.29, 0.717) is 19.3 Å². The lowest BCUT2D eigenvalue weighted by atomic mass is 9.85. The summed E-state index contributed by atoms with van der Waals surface area (Å²) in [6.07, 6.45) is 9.45. The number of halogens is 1. The number of hydrogen-bond acceptors (Lipinski definition) is 4. The van der Waals surface area contributed by atoms with Gasteiger partial charge >= 0.3 is 0 Å². The van der Waals surface area contributed by atoms with E-state index in [0.717, 1.165) is 42.9 Å². The van der Waals surface area contributed by atoms with Crippen molar-refractivity contribution >= 4 is 11.8 Å². The Morgan fingerprint density at radius 1 is 1.03 bits per heavy atom. The van der Waals surface area contributed by atoms with Gasteiger partial charge in [-0.05, 0) is 48.8 Å². The molecule has 0 aliphatic heterocycles. The Hall–Kier alpha value is -2.93. The topological polar surface area (TPSA) is 98.7 Å². The first kappa shape index (κ1) is 30.6. The molecule has 1 aliphatic carbocycles. The van der Waals surface area contributed by atoms with Crippen LogP contribution in [0.4, 0.5) is 4.39 Å². The summed E-state index contributed by atoms with van der Waals surface area (Å²) in [7, 11) is 0. The minimum atomic E-state index is -0.948. The van der Waals surface area contributed by atoms with Gasteiger partial charge in [0, 0.05) is 18.5 Å². The number of carbonyl (C=O) groups excluding carboxylic acids is 2. The van der Waals surface area contributed by atoms with E-state index in [1.807, 2.05) is 44.2 Å². The molecule has 0 bridgehead atoms. The molecule has 3 rings (SSSR count). The van der Waals surface area contributed by atoms with Crippen LogP contribution in [0.15, 0.2) is 48.5 Å². The largest absolute Gasteiger partial charge is 0.507 e. The molecule has 0 spiro atoms. The minimum Gasteiger partial charge on any atom is -0.507 e. The first-order chi connectivity index (χ1) is 18.7. The highest BCUT2D eigenvalue weighted by Crippen LogP contribution is 2.28. The molecule has 2 unspecified atom stereocenters. The van der Waals surface area contributed by atoms with E-state index in [1.165, 1.54) is 38.2 Å². The van der Waals surface area contributed by atoms with Crippen LogP contribution < -0.4 is 10.6 Å². The number of amides is 2. The molecule has 4 N–H and O–H groups in total. The Balaban J connectivity index is 1.72. The van der Waals surface area contributed by atoms with Gasteiger partial charge < -0.3 is 20.8 Å². The fourth-order valence-electron chi connectivity index (χ4n) is 5.59. The third-order valence-electron chi connectivity index (χ3n) is 7.66. The first-order valence-corrected chi connectivity index (χ1v) is 14.5. The molecule has 7 heteroatoms. The van der Waals surface area contributed by atoms with Crippen LogP contribution in [0.3, 0.4) is 0 Å². The van der Waals surface area contributed by atoms with E-state index < -0.39 is 29.6 Å². The number of carbonyl (C=O) groups is 2. The zero-order chi connectivity index (χ0) is 28.2. The molecular weight excluding hydrogens is 495 g/mol. The third kappa shape index (κ3) is 10.6. The van der Waals surface area contributed by atoms with Crippen molar-refractivity contribution in [3.63, 3.8) is 0 Å². The van der Waals surface area contributed by atoms with Gasteiger partial charge in [0.1, 0.15) is 11.6 Å². The van der Waals surface area contributed by atoms with Gasteiger partial charge in [0.2, 0.25) is 5.91 Å². The van der Waals surface area contributed by atoms with Crippen molar-refractivity contribution in [2.75, 3.05) is 0 Å². The Labute approximate surface area is 232 Å². The lowest BCUT2D eigenvalue weighted by molar-refractivity contribution is -0.122. The van der Waals surface area contributed by atoms with E-state index in [2.05, 4.69) is 10.6 Å². The lowest BCUT2D eigenvalue weighted by Crippen LogP contribution is -2.48. The SMILES string of the molecule is CC(C)CC(=O)N[C@H](CCCC1CCCCC1)CC(O)C(Cc1ccccc1)NC(=O)c1ccc(F)cc1O. The Morgan fingerprint density at radius 3 is 2.41 bits per heavy atom. The molecule has 1 fully saturated rings. The van der Waals surface area contributed by atoms with Crippen LogP contribution in [0.2, 0.25) is 0 Å². The standard InChI is InChI=1S/C32H45FN2O4/c1-22(2)18-31(38)34-26(15-9-14-23-10-5-3-6-11-23)21-30(37)28(19-24-12-7-4-8-13-24)35-32(39)27-17-16-25(33)20-29(27)36/h4,7-8,12-13,16-17,20,22-23,26,28,30,36-37H,3,5-6,9-11,14-15,18-19,21H2,1-2H3,(H,34,38)(H,35,39)/t26-,28?,30?/m1/s1. The van der Waals surface area contributed by atoms with E-state index in [9.17, 15) is 24.2 Å². The van der Waals surface area contributed by atoms with Crippen LogP contribution in [0, 0.1) is 17.7 Å². The highest BCUT2D eigenvalue weighted by atomic mass is 19.1. The molecule has 2 aromatic carbocycles. The molecule has 6 nitrogen and oxygen atoms in total. The number of rotatable bonds is 14. The molecule has 0 heterocycles. The van der Waals surface area contributed by atoms with Gasteiger partial charge in [-0.25, -0.2) is 4.39 Å². The Kier molecular flexibility index (Phi) is 12.2. The van der Waals surface area contributed by atoms with Gasteiger partial charge in [-0.3, -0.25) is 9.59 Å². The maximum absolute atomic E-state index is 13.5. The second-order valence-corrected chi connectivity index (χ2v) is 11.5. The van der Waals surface area contributed by atoms with Crippen LogP contribution >= 0.6 is 0 Å². The summed E-state index contributed by atoms with van der Waals surface area (Å²) in [5.74, 6) is -0.749. The van der Waals surface area contributed by atoms with Gasteiger partial charge in [-0.15, -0.1) is 0 Å². The number of benzene rings is 2. The van der Waals surface area contributed by atoms with Crippen molar-refractivity contribution in [2.45, 2.75) is 103 Å². The maximum atomic E-state index is 13.5. The first-order valence-electron chi connectivity index (χ1n) is 14.5. The van der Waals surface area contributed by atoms with Crippen molar-refractivity contribution in [2.24, 2.45) is 11.8 Å². The highest BCUT2D eigenvalue weighted by Gasteiger charge is 2.27. The second-order valence-electron chi connectivity index (χ2n) is 11.5. The van der Waals surface area contributed by atoms with E-state index in [-0.39, 0.29) is 23.4 Å². The summed E-state index contributed by atoms with van der Waals surface area (Å²) in [4.78, 5) is 25.7. The number of aliphatic hydroxyl groups is 1. The average Bonchev–Trinajstić information content (AvgIpc) is 2.89. The summed E-state index contributed by atoms with van der Waals surface area (Å²) < 4.78 is 13.5. The number of phenols is 1. The zero-order valence-corrected chi connectivity index (χ0v) is 23.4. The van der Waals surface area contributed by atoms with Crippen LogP contribution in [0.5, 0.6) is 5.75 Å². The van der Waals surface area contributed by atoms with Crippen molar-refractivity contribution < 1.29 is 24.2 Å². The molecular formula is C32H45FN2O4. The van der Waals surface area contributed by atoms with Crippen LogP contribution in [0.1, 0.15) is 94.0 Å². The molecule has 2 aromatic rings. The van der Waals surface area contributed by atoms with Gasteiger partial charge in [0.25, 0.3) is 5.91 Å². The summed E-state index contributed by atoms with van der Waals surface area (Å²) in [6, 6.07) is 11.9. The Morgan fingerprint density at radius 2 is 1.74 bits per heavy atom. The molecule has 3 atom stereocenters. The van der Waals surface area contributed by atoms with Crippen molar-refractivity contribution in [3.05, 3.63) is 65.5 Å². The van der Waals surface area contributed by atoms with Crippen LogP contribution in [-0.4, -0.2) is 40.2 Å². The van der Waals surface area contributed by atoms with Gasteiger partial charge in [-0.1, -0.05) is 89.1 Å². The average molecular weight is 541 g/mol. The maximum Gasteiger partial charge on any atom is 0.255 e. The van der Waals surface area contributed by atoms with Gasteiger partial charge in [0.05, 0.1) is 17.7 Å². The Bertz CT molecular complexity index is 1040. The monoisotopic (exact) mass is 540 g/mol. The number of hydrogen-bond donors (Lipinski definition) is 4. The molecule has 0 radical (unpaired) electrons. The van der Waals surface area contributed by atoms with Crippen LogP contribution in [0.25, 0.3) is 0 Å². The number of nitrogens with one attached hydrogen (secondary N) is 2. The molecule has 0 saturated heterocycles. The van der Waals surface area contributed by atoms with Gasteiger partial charge in [0.15, 0.2) is 0 Å². The fourth-order valence-corrected chi connectivity index (χ4v) is 5.59. The number of aliphatic hydroxyl groups excluding tert-OH is 1. The zero-order valence-electron chi connectivity index (χ0n) is 23.4. The summed E-state index contributed by atoms with van der Waals surface area (Å²) in [5.41, 5.74) is 0.874. The molecule has 2 amide bonds. The molecule has 1 aliphatic rings. The summed E-state index contributed by atoms with van der Waals surface area (Å²) in [6.45, 7) is 4.01. The second kappa shape index (κ2) is 15.6.